The van der Waals surface area contributed by atoms with Crippen LogP contribution in [0.3, 0.4) is 0 Å². The Hall–Kier alpha value is -1.64. The number of likely N-dealkylation sites (tertiary alicyclic amines) is 1. The molecule has 6 nitrogen and oxygen atoms in total. The molecule has 1 saturated heterocycles. The second-order valence-electron chi connectivity index (χ2n) is 5.16. The van der Waals surface area contributed by atoms with E-state index in [1.54, 1.807) is 5.32 Å². The van der Waals surface area contributed by atoms with Crippen molar-refractivity contribution in [1.82, 2.24) is 10.2 Å². The van der Waals surface area contributed by atoms with Crippen molar-refractivity contribution < 1.29 is 32.7 Å². The van der Waals surface area contributed by atoms with E-state index in [1.807, 2.05) is 0 Å². The van der Waals surface area contributed by atoms with Gasteiger partial charge in [-0.25, -0.2) is 4.79 Å². The molecular formula is C11H13F3N2O4. The fourth-order valence-corrected chi connectivity index (χ4v) is 2.09. The molecule has 1 aliphatic carbocycles. The third-order valence-corrected chi connectivity index (χ3v) is 3.55. The molecule has 112 valence electrons. The lowest BCUT2D eigenvalue weighted by Gasteiger charge is -2.30. The zero-order valence-electron chi connectivity index (χ0n) is 10.5. The molecule has 0 aromatic heterocycles. The molecule has 2 rings (SSSR count). The van der Waals surface area contributed by atoms with Crippen LogP contribution in [0.4, 0.5) is 13.2 Å². The fourth-order valence-electron chi connectivity index (χ4n) is 2.09. The van der Waals surface area contributed by atoms with Gasteiger partial charge >= 0.3 is 12.1 Å². The highest BCUT2D eigenvalue weighted by molar-refractivity contribution is 6.06. The molecule has 2 amide bonds. The van der Waals surface area contributed by atoms with Crippen LogP contribution in [0.5, 0.6) is 0 Å². The summed E-state index contributed by atoms with van der Waals surface area (Å²) in [4.78, 5) is 35.3. The molecule has 2 unspecified atom stereocenters. The number of halogens is 3. The van der Waals surface area contributed by atoms with Gasteiger partial charge in [-0.15, -0.1) is 0 Å². The second-order valence-corrected chi connectivity index (χ2v) is 5.16. The Balaban J connectivity index is 2.18. The fraction of sp³-hybridized carbons (Fsp3) is 0.727. The minimum atomic E-state index is -5.09. The Morgan fingerprint density at radius 2 is 1.90 bits per heavy atom. The summed E-state index contributed by atoms with van der Waals surface area (Å²) in [6, 6.07) is -1.70. The molecule has 1 aliphatic heterocycles. The van der Waals surface area contributed by atoms with E-state index in [1.165, 1.54) is 0 Å². The standard InChI is InChI=1S/C11H13F3N2O4/c1-10(9(19)20,11(12,13)14)15-6-4-7(17)16(8(6)18)5-2-3-5/h5-6,15H,2-4H2,1H3,(H,19,20). The van der Waals surface area contributed by atoms with Gasteiger partial charge in [-0.1, -0.05) is 0 Å². The van der Waals surface area contributed by atoms with Gasteiger partial charge in [0.2, 0.25) is 17.4 Å². The van der Waals surface area contributed by atoms with Crippen molar-refractivity contribution in [1.29, 1.82) is 0 Å². The van der Waals surface area contributed by atoms with Crippen LogP contribution < -0.4 is 5.32 Å². The average molecular weight is 294 g/mol. The number of amides is 2. The first-order valence-corrected chi connectivity index (χ1v) is 6.01. The summed E-state index contributed by atoms with van der Waals surface area (Å²) in [7, 11) is 0. The number of aliphatic carboxylic acids is 1. The number of nitrogens with one attached hydrogen (secondary N) is 1. The molecule has 1 heterocycles. The third-order valence-electron chi connectivity index (χ3n) is 3.55. The summed E-state index contributed by atoms with van der Waals surface area (Å²) in [5.41, 5.74) is -3.27. The number of carbonyl (C=O) groups excluding carboxylic acids is 2. The van der Waals surface area contributed by atoms with Crippen molar-refractivity contribution in [2.75, 3.05) is 0 Å². The molecular weight excluding hydrogens is 281 g/mol. The third kappa shape index (κ3) is 2.26. The zero-order valence-corrected chi connectivity index (χ0v) is 10.5. The Morgan fingerprint density at radius 1 is 1.35 bits per heavy atom. The molecule has 0 radical (unpaired) electrons. The number of carboxylic acids is 1. The number of alkyl halides is 3. The van der Waals surface area contributed by atoms with Gasteiger partial charge in [0.1, 0.15) is 0 Å². The maximum absolute atomic E-state index is 12.8. The lowest BCUT2D eigenvalue weighted by atomic mass is 10.00. The van der Waals surface area contributed by atoms with E-state index < -0.39 is 42.0 Å². The van der Waals surface area contributed by atoms with Gasteiger partial charge in [0.05, 0.1) is 12.5 Å². The van der Waals surface area contributed by atoms with Crippen LogP contribution >= 0.6 is 0 Å². The van der Waals surface area contributed by atoms with Gasteiger partial charge in [-0.3, -0.25) is 19.8 Å². The molecule has 0 bridgehead atoms. The molecule has 0 aromatic rings. The number of nitrogens with zero attached hydrogens (tertiary/aromatic N) is 1. The van der Waals surface area contributed by atoms with E-state index in [-0.39, 0.29) is 6.04 Å². The van der Waals surface area contributed by atoms with Crippen molar-refractivity contribution in [3.63, 3.8) is 0 Å². The van der Waals surface area contributed by atoms with Crippen LogP contribution in [0, 0.1) is 0 Å². The maximum Gasteiger partial charge on any atom is 0.417 e. The molecule has 20 heavy (non-hydrogen) atoms. The smallest absolute Gasteiger partial charge is 0.417 e. The molecule has 2 aliphatic rings. The summed E-state index contributed by atoms with van der Waals surface area (Å²) in [5, 5.41) is 10.6. The largest absolute Gasteiger partial charge is 0.480 e. The molecule has 0 aromatic carbocycles. The van der Waals surface area contributed by atoms with Gasteiger partial charge < -0.3 is 5.11 Å². The number of hydrogen-bond donors (Lipinski definition) is 2. The van der Waals surface area contributed by atoms with Crippen LogP contribution in [-0.2, 0) is 14.4 Å². The van der Waals surface area contributed by atoms with E-state index in [0.29, 0.717) is 19.8 Å². The number of carboxylic acid groups (broad SMARTS) is 1. The van der Waals surface area contributed by atoms with Gasteiger partial charge in [0.25, 0.3) is 0 Å². The first-order chi connectivity index (χ1) is 9.08. The Bertz CT molecular complexity index is 475. The topological polar surface area (TPSA) is 86.7 Å². The molecule has 2 atom stereocenters. The van der Waals surface area contributed by atoms with Crippen molar-refractivity contribution in [3.05, 3.63) is 0 Å². The molecule has 1 saturated carbocycles. The SMILES string of the molecule is CC(NC1CC(=O)N(C2CC2)C1=O)(C(=O)O)C(F)(F)F. The first kappa shape index (κ1) is 14.8. The van der Waals surface area contributed by atoms with E-state index in [4.69, 9.17) is 5.11 Å². The maximum atomic E-state index is 12.8. The van der Waals surface area contributed by atoms with Crippen LogP contribution in [0.2, 0.25) is 0 Å². The monoisotopic (exact) mass is 294 g/mol. The molecule has 2 fully saturated rings. The molecule has 0 spiro atoms. The summed E-state index contributed by atoms with van der Waals surface area (Å²) in [6.45, 7) is 0.437. The van der Waals surface area contributed by atoms with Crippen LogP contribution in [0.15, 0.2) is 0 Å². The highest BCUT2D eigenvalue weighted by atomic mass is 19.4. The van der Waals surface area contributed by atoms with Gasteiger partial charge in [-0.05, 0) is 19.8 Å². The quantitative estimate of drug-likeness (QED) is 0.727. The summed E-state index contributed by atoms with van der Waals surface area (Å²) < 4.78 is 38.5. The van der Waals surface area contributed by atoms with Crippen molar-refractivity contribution in [3.8, 4) is 0 Å². The summed E-state index contributed by atoms with van der Waals surface area (Å²) in [5.74, 6) is -3.49. The number of hydrogen-bond acceptors (Lipinski definition) is 4. The van der Waals surface area contributed by atoms with Crippen LogP contribution in [0.25, 0.3) is 0 Å². The van der Waals surface area contributed by atoms with Crippen LogP contribution in [-0.4, -0.2) is 51.6 Å². The Morgan fingerprint density at radius 3 is 2.30 bits per heavy atom. The summed E-state index contributed by atoms with van der Waals surface area (Å²) in [6.07, 6.45) is -4.26. The number of imide groups is 1. The van der Waals surface area contributed by atoms with E-state index in [0.717, 1.165) is 4.90 Å². The predicted octanol–water partition coefficient (Wildman–Crippen LogP) is 0.271. The average Bonchev–Trinajstić information content (AvgIpc) is 3.06. The van der Waals surface area contributed by atoms with Crippen LogP contribution in [0.1, 0.15) is 26.2 Å². The van der Waals surface area contributed by atoms with E-state index in [2.05, 4.69) is 0 Å². The number of rotatable bonds is 4. The second kappa shape index (κ2) is 4.44. The minimum Gasteiger partial charge on any atom is -0.480 e. The molecule has 2 N–H and O–H groups in total. The van der Waals surface area contributed by atoms with Gasteiger partial charge in [0, 0.05) is 6.04 Å². The lowest BCUT2D eigenvalue weighted by molar-refractivity contribution is -0.207. The van der Waals surface area contributed by atoms with Crippen molar-refractivity contribution >= 4 is 17.8 Å². The highest BCUT2D eigenvalue weighted by Gasteiger charge is 2.60. The Labute approximate surface area is 111 Å². The first-order valence-electron chi connectivity index (χ1n) is 6.01. The predicted molar refractivity (Wildman–Crippen MR) is 58.5 cm³/mol. The van der Waals surface area contributed by atoms with Crippen molar-refractivity contribution in [2.45, 2.75) is 50.0 Å². The summed E-state index contributed by atoms with van der Waals surface area (Å²) >= 11 is 0. The number of carbonyl (C=O) groups is 3. The van der Waals surface area contributed by atoms with Gasteiger partial charge in [0.15, 0.2) is 0 Å². The van der Waals surface area contributed by atoms with Gasteiger partial charge in [-0.2, -0.15) is 13.2 Å². The minimum absolute atomic E-state index is 0.247. The van der Waals surface area contributed by atoms with Crippen molar-refractivity contribution in [2.24, 2.45) is 0 Å². The Kier molecular flexibility index (Phi) is 3.28. The zero-order chi connectivity index (χ0) is 15.3. The lowest BCUT2D eigenvalue weighted by Crippen LogP contribution is -2.64. The normalized spacial score (nSPS) is 26.8. The van der Waals surface area contributed by atoms with E-state index >= 15 is 0 Å². The van der Waals surface area contributed by atoms with E-state index in [9.17, 15) is 27.6 Å². The molecule has 9 heteroatoms. The highest BCUT2D eigenvalue weighted by Crippen LogP contribution is 2.35.